The number of carbonyl (C=O) groups is 1. The fourth-order valence-electron chi connectivity index (χ4n) is 1.41. The van der Waals surface area contributed by atoms with Crippen LogP contribution in [0, 0.1) is 0 Å². The fraction of sp³-hybridized carbons (Fsp3) is 0.0833. The number of rotatable bonds is 3. The van der Waals surface area contributed by atoms with Crippen molar-refractivity contribution in [2.75, 3.05) is 5.32 Å². The van der Waals surface area contributed by atoms with Gasteiger partial charge in [-0.1, -0.05) is 29.8 Å². The smallest absolute Gasteiger partial charge is 0.230 e. The number of nitrogens with zero attached hydrogens (tertiary/aromatic N) is 2. The van der Waals surface area contributed by atoms with Gasteiger partial charge in [-0.2, -0.15) is 0 Å². The third-order valence-corrected chi connectivity index (χ3v) is 2.53. The average Bonchev–Trinajstić information content (AvgIpc) is 2.35. The number of nitrogens with one attached hydrogen (secondary N) is 1. The Labute approximate surface area is 108 Å². The molecule has 92 valence electrons. The molecule has 18 heavy (non-hydrogen) atoms. The zero-order chi connectivity index (χ0) is 13.0. The Bertz CT molecular complexity index is 525. The summed E-state index contributed by atoms with van der Waals surface area (Å²) in [6.45, 7) is 0. The Hall–Kier alpha value is -2.14. The van der Waals surface area contributed by atoms with E-state index in [1.165, 1.54) is 18.5 Å². The first kappa shape index (κ1) is 12.3. The molecule has 1 heterocycles. The van der Waals surface area contributed by atoms with Crippen LogP contribution in [-0.2, 0) is 11.2 Å². The number of benzene rings is 1. The van der Waals surface area contributed by atoms with Gasteiger partial charge in [0.15, 0.2) is 11.0 Å². The van der Waals surface area contributed by atoms with E-state index in [1.807, 2.05) is 0 Å². The van der Waals surface area contributed by atoms with Crippen molar-refractivity contribution in [3.63, 3.8) is 0 Å². The van der Waals surface area contributed by atoms with Gasteiger partial charge in [-0.25, -0.2) is 9.97 Å². The van der Waals surface area contributed by atoms with Crippen LogP contribution in [0.4, 0.5) is 5.82 Å². The molecule has 0 spiro atoms. The highest BCUT2D eigenvalue weighted by atomic mass is 35.5. The van der Waals surface area contributed by atoms with Gasteiger partial charge in [0.2, 0.25) is 5.91 Å². The van der Waals surface area contributed by atoms with Gasteiger partial charge in [0.1, 0.15) is 5.75 Å². The number of anilines is 1. The van der Waals surface area contributed by atoms with Crippen molar-refractivity contribution in [1.29, 1.82) is 0 Å². The third-order valence-electron chi connectivity index (χ3n) is 2.25. The lowest BCUT2D eigenvalue weighted by atomic mass is 10.1. The summed E-state index contributed by atoms with van der Waals surface area (Å²) in [6, 6.07) is 6.64. The highest BCUT2D eigenvalue weighted by molar-refractivity contribution is 6.32. The van der Waals surface area contributed by atoms with Gasteiger partial charge in [-0.05, 0) is 6.07 Å². The molecule has 0 unspecified atom stereocenters. The molecule has 0 bridgehead atoms. The van der Waals surface area contributed by atoms with E-state index in [1.54, 1.807) is 18.2 Å². The van der Waals surface area contributed by atoms with Crippen molar-refractivity contribution in [1.82, 2.24) is 9.97 Å². The second-order valence-corrected chi connectivity index (χ2v) is 3.91. The fourth-order valence-corrected chi connectivity index (χ4v) is 1.57. The second-order valence-electron chi connectivity index (χ2n) is 3.55. The van der Waals surface area contributed by atoms with Gasteiger partial charge in [0.05, 0.1) is 6.42 Å². The average molecular weight is 264 g/mol. The summed E-state index contributed by atoms with van der Waals surface area (Å²) < 4.78 is 0. The van der Waals surface area contributed by atoms with Crippen LogP contribution < -0.4 is 5.32 Å². The molecule has 0 saturated heterocycles. The molecule has 0 atom stereocenters. The molecule has 1 amide bonds. The van der Waals surface area contributed by atoms with Crippen molar-refractivity contribution < 1.29 is 9.90 Å². The zero-order valence-corrected chi connectivity index (χ0v) is 10.1. The summed E-state index contributed by atoms with van der Waals surface area (Å²) in [5.41, 5.74) is 0.537. The quantitative estimate of drug-likeness (QED) is 0.888. The number of hydrogen-bond acceptors (Lipinski definition) is 4. The lowest BCUT2D eigenvalue weighted by Gasteiger charge is -2.06. The summed E-state index contributed by atoms with van der Waals surface area (Å²) in [4.78, 5) is 19.4. The summed E-state index contributed by atoms with van der Waals surface area (Å²) >= 11 is 5.76. The number of amides is 1. The SMILES string of the molecule is O=C(Cc1ccccc1O)Nc1nccnc1Cl. The van der Waals surface area contributed by atoms with Gasteiger partial charge in [0.25, 0.3) is 0 Å². The van der Waals surface area contributed by atoms with Crippen LogP contribution in [0.2, 0.25) is 5.15 Å². The number of aromatic hydroxyl groups is 1. The van der Waals surface area contributed by atoms with Crippen molar-refractivity contribution in [2.45, 2.75) is 6.42 Å². The predicted octanol–water partition coefficient (Wildman–Crippen LogP) is 2.02. The number of para-hydroxylation sites is 1. The minimum atomic E-state index is -0.320. The van der Waals surface area contributed by atoms with E-state index in [2.05, 4.69) is 15.3 Å². The molecule has 0 aliphatic carbocycles. The van der Waals surface area contributed by atoms with E-state index in [4.69, 9.17) is 11.6 Å². The van der Waals surface area contributed by atoms with Crippen LogP contribution in [0.1, 0.15) is 5.56 Å². The maximum atomic E-state index is 11.7. The predicted molar refractivity (Wildman–Crippen MR) is 67.5 cm³/mol. The van der Waals surface area contributed by atoms with E-state index in [0.717, 1.165) is 0 Å². The number of phenolic OH excluding ortho intramolecular Hbond substituents is 1. The molecule has 5 nitrogen and oxygen atoms in total. The summed E-state index contributed by atoms with van der Waals surface area (Å²) in [5, 5.41) is 12.2. The summed E-state index contributed by atoms with van der Waals surface area (Å²) in [6.07, 6.45) is 2.90. The largest absolute Gasteiger partial charge is 0.508 e. The molecule has 0 radical (unpaired) electrons. The molecule has 0 aliphatic rings. The van der Waals surface area contributed by atoms with E-state index in [-0.39, 0.29) is 29.0 Å². The molecule has 1 aromatic carbocycles. The molecule has 6 heteroatoms. The molecule has 0 saturated carbocycles. The summed E-state index contributed by atoms with van der Waals surface area (Å²) in [5.74, 6) is -0.0311. The highest BCUT2D eigenvalue weighted by Crippen LogP contribution is 2.18. The van der Waals surface area contributed by atoms with Crippen molar-refractivity contribution in [2.24, 2.45) is 0 Å². The van der Waals surface area contributed by atoms with Gasteiger partial charge < -0.3 is 10.4 Å². The van der Waals surface area contributed by atoms with E-state index in [9.17, 15) is 9.90 Å². The first-order valence-electron chi connectivity index (χ1n) is 5.20. The van der Waals surface area contributed by atoms with Gasteiger partial charge in [-0.3, -0.25) is 4.79 Å². The Morgan fingerprint density at radius 3 is 2.72 bits per heavy atom. The molecule has 2 rings (SSSR count). The number of phenols is 1. The number of halogens is 1. The Balaban J connectivity index is 2.06. The monoisotopic (exact) mass is 263 g/mol. The Kier molecular flexibility index (Phi) is 3.74. The molecule has 2 N–H and O–H groups in total. The lowest BCUT2D eigenvalue weighted by Crippen LogP contribution is -2.15. The molecule has 2 aromatic rings. The number of hydrogen-bond donors (Lipinski definition) is 2. The van der Waals surface area contributed by atoms with Gasteiger partial charge >= 0.3 is 0 Å². The maximum absolute atomic E-state index is 11.7. The van der Waals surface area contributed by atoms with Crippen molar-refractivity contribution in [3.05, 3.63) is 47.4 Å². The molecular weight excluding hydrogens is 254 g/mol. The van der Waals surface area contributed by atoms with E-state index in [0.29, 0.717) is 5.56 Å². The van der Waals surface area contributed by atoms with Crippen LogP contribution in [-0.4, -0.2) is 21.0 Å². The van der Waals surface area contributed by atoms with Crippen LogP contribution in [0.5, 0.6) is 5.75 Å². The van der Waals surface area contributed by atoms with Crippen LogP contribution in [0.3, 0.4) is 0 Å². The number of carbonyl (C=O) groups excluding carboxylic acids is 1. The van der Waals surface area contributed by atoms with E-state index >= 15 is 0 Å². The Morgan fingerprint density at radius 2 is 2.00 bits per heavy atom. The first-order valence-corrected chi connectivity index (χ1v) is 5.58. The van der Waals surface area contributed by atoms with Crippen LogP contribution in [0.25, 0.3) is 0 Å². The lowest BCUT2D eigenvalue weighted by molar-refractivity contribution is -0.115. The van der Waals surface area contributed by atoms with E-state index < -0.39 is 0 Å². The van der Waals surface area contributed by atoms with Gasteiger partial charge in [0, 0.05) is 18.0 Å². The molecule has 1 aromatic heterocycles. The topological polar surface area (TPSA) is 75.1 Å². The zero-order valence-electron chi connectivity index (χ0n) is 9.30. The van der Waals surface area contributed by atoms with Gasteiger partial charge in [-0.15, -0.1) is 0 Å². The highest BCUT2D eigenvalue weighted by Gasteiger charge is 2.10. The summed E-state index contributed by atoms with van der Waals surface area (Å²) in [7, 11) is 0. The van der Waals surface area contributed by atoms with Crippen molar-refractivity contribution >= 4 is 23.3 Å². The third kappa shape index (κ3) is 2.95. The first-order chi connectivity index (χ1) is 8.66. The Morgan fingerprint density at radius 1 is 1.28 bits per heavy atom. The minimum Gasteiger partial charge on any atom is -0.508 e. The van der Waals surface area contributed by atoms with Crippen LogP contribution in [0.15, 0.2) is 36.7 Å². The van der Waals surface area contributed by atoms with Crippen LogP contribution >= 0.6 is 11.6 Å². The standard InChI is InChI=1S/C12H10ClN3O2/c13-11-12(15-6-5-14-11)16-10(18)7-8-3-1-2-4-9(8)17/h1-6,17H,7H2,(H,15,16,18). The second kappa shape index (κ2) is 5.46. The molecule has 0 aliphatic heterocycles. The maximum Gasteiger partial charge on any atom is 0.230 e. The molecular formula is C12H10ClN3O2. The number of aromatic nitrogens is 2. The molecule has 0 fully saturated rings. The minimum absolute atomic E-state index is 0.0412. The van der Waals surface area contributed by atoms with Crippen molar-refractivity contribution in [3.8, 4) is 5.75 Å². The normalized spacial score (nSPS) is 10.1.